The van der Waals surface area contributed by atoms with Crippen molar-refractivity contribution in [3.8, 4) is 0 Å². The van der Waals surface area contributed by atoms with Gasteiger partial charge in [-0.15, -0.1) is 0 Å². The van der Waals surface area contributed by atoms with Gasteiger partial charge in [0.1, 0.15) is 11.5 Å². The lowest BCUT2D eigenvalue weighted by atomic mass is 10.1. The molecule has 0 amide bonds. The highest BCUT2D eigenvalue weighted by atomic mass is 16.3. The molecule has 2 aliphatic rings. The number of aliphatic hydroxyl groups is 4. The van der Waals surface area contributed by atoms with Gasteiger partial charge < -0.3 is 20.4 Å². The second-order valence-electron chi connectivity index (χ2n) is 5.30. The fourth-order valence-electron chi connectivity index (χ4n) is 2.29. The smallest absolute Gasteiger partial charge is 0.152 e. The first-order chi connectivity index (χ1) is 11.5. The number of hydrogen-bond acceptors (Lipinski definition) is 6. The predicted molar refractivity (Wildman–Crippen MR) is 92.3 cm³/mol. The Morgan fingerprint density at radius 1 is 0.750 bits per heavy atom. The number of nitrogens with zero attached hydrogens (tertiary/aromatic N) is 2. The minimum Gasteiger partial charge on any atom is -0.509 e. The Hall–Kier alpha value is -2.96. The molecular formula is C18H16N2O4. The molecule has 0 radical (unpaired) electrons. The normalized spacial score (nSPS) is 26.6. The third-order valence-electron chi connectivity index (χ3n) is 3.53. The van der Waals surface area contributed by atoms with Crippen LogP contribution in [0.25, 0.3) is 0 Å². The van der Waals surface area contributed by atoms with Crippen molar-refractivity contribution in [2.45, 2.75) is 12.2 Å². The van der Waals surface area contributed by atoms with Crippen molar-refractivity contribution in [2.24, 2.45) is 9.98 Å². The molecule has 0 heterocycles. The molecule has 0 aromatic heterocycles. The zero-order chi connectivity index (χ0) is 17.1. The number of rotatable bonds is 2. The van der Waals surface area contributed by atoms with Gasteiger partial charge in [0, 0.05) is 0 Å². The Morgan fingerprint density at radius 2 is 1.21 bits per heavy atom. The highest BCUT2D eigenvalue weighted by Gasteiger charge is 2.18. The van der Waals surface area contributed by atoms with Crippen molar-refractivity contribution >= 4 is 22.8 Å². The topological polar surface area (TPSA) is 106 Å². The molecule has 0 bridgehead atoms. The summed E-state index contributed by atoms with van der Waals surface area (Å²) in [5, 5.41) is 38.9. The van der Waals surface area contributed by atoms with Gasteiger partial charge in [-0.3, -0.25) is 9.98 Å². The van der Waals surface area contributed by atoms with Crippen molar-refractivity contribution < 1.29 is 20.4 Å². The number of allylic oxidation sites excluding steroid dienone is 4. The Morgan fingerprint density at radius 3 is 1.67 bits per heavy atom. The molecule has 0 saturated heterocycles. The highest BCUT2D eigenvalue weighted by molar-refractivity contribution is 6.04. The maximum Gasteiger partial charge on any atom is 0.152 e. The number of aliphatic hydroxyl groups excluding tert-OH is 4. The maximum atomic E-state index is 9.89. The second-order valence-corrected chi connectivity index (χ2v) is 5.30. The third-order valence-corrected chi connectivity index (χ3v) is 3.53. The van der Waals surface area contributed by atoms with Crippen LogP contribution in [0.5, 0.6) is 0 Å². The zero-order valence-electron chi connectivity index (χ0n) is 12.6. The first-order valence-corrected chi connectivity index (χ1v) is 7.32. The van der Waals surface area contributed by atoms with E-state index in [9.17, 15) is 20.4 Å². The van der Waals surface area contributed by atoms with Crippen LogP contribution in [0.1, 0.15) is 0 Å². The van der Waals surface area contributed by atoms with Crippen LogP contribution in [0, 0.1) is 0 Å². The first kappa shape index (κ1) is 15.9. The lowest BCUT2D eigenvalue weighted by molar-refractivity contribution is 0.208. The summed E-state index contributed by atoms with van der Waals surface area (Å²) in [4.78, 5) is 8.61. The summed E-state index contributed by atoms with van der Waals surface area (Å²) in [7, 11) is 0. The van der Waals surface area contributed by atoms with E-state index in [1.165, 1.54) is 12.2 Å². The van der Waals surface area contributed by atoms with E-state index in [0.29, 0.717) is 22.8 Å². The number of hydrogen-bond donors (Lipinski definition) is 4. The van der Waals surface area contributed by atoms with Crippen LogP contribution in [-0.2, 0) is 0 Å². The average molecular weight is 324 g/mol. The molecule has 122 valence electrons. The Kier molecular flexibility index (Phi) is 4.41. The standard InChI is InChI=1S/C18H16N2O4/c21-15-8-2-6-13(17(15)23)19-11-4-1-5-12(10-11)20-14-7-3-9-16(22)18(14)24/h1-10,17-18,21-24H. The van der Waals surface area contributed by atoms with E-state index in [0.717, 1.165) is 0 Å². The van der Waals surface area contributed by atoms with Gasteiger partial charge in [-0.2, -0.15) is 0 Å². The van der Waals surface area contributed by atoms with Crippen molar-refractivity contribution in [1.29, 1.82) is 0 Å². The van der Waals surface area contributed by atoms with Crippen LogP contribution in [0.15, 0.2) is 82.2 Å². The Labute approximate surface area is 138 Å². The minimum absolute atomic E-state index is 0.162. The van der Waals surface area contributed by atoms with Crippen LogP contribution < -0.4 is 0 Å². The second kappa shape index (κ2) is 6.66. The van der Waals surface area contributed by atoms with Crippen LogP contribution >= 0.6 is 0 Å². The lowest BCUT2D eigenvalue weighted by Gasteiger charge is -2.14. The zero-order valence-corrected chi connectivity index (χ0v) is 12.6. The molecule has 0 saturated carbocycles. The third kappa shape index (κ3) is 3.34. The molecule has 0 fully saturated rings. The fraction of sp³-hybridized carbons (Fsp3) is 0.111. The van der Waals surface area contributed by atoms with Gasteiger partial charge in [0.05, 0.1) is 22.8 Å². The summed E-state index contributed by atoms with van der Waals surface area (Å²) in [6.07, 6.45) is 6.92. The predicted octanol–water partition coefficient (Wildman–Crippen LogP) is 2.58. The van der Waals surface area contributed by atoms with Gasteiger partial charge in [-0.25, -0.2) is 0 Å². The van der Waals surface area contributed by atoms with Gasteiger partial charge >= 0.3 is 0 Å². The largest absolute Gasteiger partial charge is 0.509 e. The molecule has 4 N–H and O–H groups in total. The van der Waals surface area contributed by atoms with E-state index in [-0.39, 0.29) is 11.5 Å². The van der Waals surface area contributed by atoms with Gasteiger partial charge in [-0.1, -0.05) is 18.2 Å². The minimum atomic E-state index is -1.16. The molecule has 2 unspecified atom stereocenters. The lowest BCUT2D eigenvalue weighted by Crippen LogP contribution is -2.23. The average Bonchev–Trinajstić information content (AvgIpc) is 2.57. The summed E-state index contributed by atoms with van der Waals surface area (Å²) in [6.45, 7) is 0. The molecule has 0 spiro atoms. The first-order valence-electron chi connectivity index (χ1n) is 7.32. The number of benzene rings is 1. The molecule has 2 atom stereocenters. The van der Waals surface area contributed by atoms with Crippen molar-refractivity contribution in [2.75, 3.05) is 0 Å². The highest BCUT2D eigenvalue weighted by Crippen LogP contribution is 2.24. The SMILES string of the molecule is OC1=CC=CC(=Nc2cccc(N=C3C=CC=C(O)C3O)c2)C1O. The summed E-state index contributed by atoms with van der Waals surface area (Å²) in [6, 6.07) is 6.88. The maximum absolute atomic E-state index is 9.89. The van der Waals surface area contributed by atoms with Crippen LogP contribution in [0.3, 0.4) is 0 Å². The van der Waals surface area contributed by atoms with Gasteiger partial charge in [0.15, 0.2) is 12.2 Å². The molecule has 3 rings (SSSR count). The Balaban J connectivity index is 1.88. The van der Waals surface area contributed by atoms with Gasteiger partial charge in [-0.05, 0) is 42.5 Å². The van der Waals surface area contributed by atoms with Gasteiger partial charge in [0.2, 0.25) is 0 Å². The molecule has 1 aromatic carbocycles. The molecule has 2 aliphatic carbocycles. The van der Waals surface area contributed by atoms with E-state index in [1.807, 2.05) is 0 Å². The van der Waals surface area contributed by atoms with E-state index in [4.69, 9.17) is 0 Å². The fourth-order valence-corrected chi connectivity index (χ4v) is 2.29. The summed E-state index contributed by atoms with van der Waals surface area (Å²) in [5.41, 5.74) is 1.72. The summed E-state index contributed by atoms with van der Waals surface area (Å²) in [5.74, 6) is -0.323. The van der Waals surface area contributed by atoms with Gasteiger partial charge in [0.25, 0.3) is 0 Å². The summed E-state index contributed by atoms with van der Waals surface area (Å²) < 4.78 is 0. The number of aliphatic imine (C=N–C) groups is 2. The van der Waals surface area contributed by atoms with Crippen LogP contribution in [0.2, 0.25) is 0 Å². The van der Waals surface area contributed by atoms with E-state index in [1.54, 1.807) is 48.6 Å². The van der Waals surface area contributed by atoms with Crippen LogP contribution in [-0.4, -0.2) is 44.1 Å². The van der Waals surface area contributed by atoms with Crippen molar-refractivity contribution in [3.63, 3.8) is 0 Å². The molecule has 24 heavy (non-hydrogen) atoms. The van der Waals surface area contributed by atoms with Crippen molar-refractivity contribution in [3.05, 3.63) is 72.2 Å². The van der Waals surface area contributed by atoms with E-state index < -0.39 is 12.2 Å². The summed E-state index contributed by atoms with van der Waals surface area (Å²) >= 11 is 0. The Bertz CT molecular complexity index is 766. The molecule has 0 aliphatic heterocycles. The molecular weight excluding hydrogens is 308 g/mol. The molecule has 1 aromatic rings. The van der Waals surface area contributed by atoms with E-state index >= 15 is 0 Å². The monoisotopic (exact) mass is 324 g/mol. The van der Waals surface area contributed by atoms with Crippen molar-refractivity contribution in [1.82, 2.24) is 0 Å². The quantitative estimate of drug-likeness (QED) is 0.671. The molecule has 6 nitrogen and oxygen atoms in total. The van der Waals surface area contributed by atoms with Crippen LogP contribution in [0.4, 0.5) is 11.4 Å². The van der Waals surface area contributed by atoms with E-state index in [2.05, 4.69) is 9.98 Å². The molecule has 6 heteroatoms.